The van der Waals surface area contributed by atoms with E-state index in [1.165, 1.54) is 56.6 Å². The van der Waals surface area contributed by atoms with Crippen molar-refractivity contribution < 1.29 is 32.2 Å². The van der Waals surface area contributed by atoms with Gasteiger partial charge in [-0.3, -0.25) is 13.9 Å². The lowest BCUT2D eigenvalue weighted by Crippen LogP contribution is -2.53. The number of sulfonamides is 1. The molecule has 0 spiro atoms. The van der Waals surface area contributed by atoms with Crippen LogP contribution in [0, 0.1) is 6.92 Å². The minimum atomic E-state index is -4.43. The zero-order valence-electron chi connectivity index (χ0n) is 26.8. The van der Waals surface area contributed by atoms with Gasteiger partial charge in [-0.15, -0.1) is 0 Å². The van der Waals surface area contributed by atoms with Crippen LogP contribution in [0.25, 0.3) is 0 Å². The lowest BCUT2D eigenvalue weighted by molar-refractivity contribution is -0.140. The third kappa shape index (κ3) is 8.61. The summed E-state index contributed by atoms with van der Waals surface area (Å²) in [5.74, 6) is -0.198. The Hall–Kier alpha value is -3.96. The van der Waals surface area contributed by atoms with Gasteiger partial charge in [-0.25, -0.2) is 8.42 Å². The number of nitrogens with zero attached hydrogens (tertiary/aromatic N) is 2. The number of benzene rings is 3. The van der Waals surface area contributed by atoms with E-state index in [2.05, 4.69) is 5.32 Å². The van der Waals surface area contributed by atoms with Crippen LogP contribution in [0.3, 0.4) is 0 Å². The summed E-state index contributed by atoms with van der Waals surface area (Å²) in [6, 6.07) is 15.3. The molecule has 10 nitrogen and oxygen atoms in total. The molecule has 45 heavy (non-hydrogen) atoms. The molecule has 2 amide bonds. The van der Waals surface area contributed by atoms with Gasteiger partial charge >= 0.3 is 0 Å². The highest BCUT2D eigenvalue weighted by Gasteiger charge is 2.35. The van der Waals surface area contributed by atoms with E-state index in [-0.39, 0.29) is 45.6 Å². The number of hydrogen-bond donors (Lipinski definition) is 1. The van der Waals surface area contributed by atoms with Crippen molar-refractivity contribution in [3.8, 4) is 17.2 Å². The fraction of sp³-hybridized carbons (Fsp3) is 0.394. The number of ether oxygens (including phenoxy) is 3. The van der Waals surface area contributed by atoms with Crippen molar-refractivity contribution in [2.75, 3.05) is 32.2 Å². The molecule has 0 aliphatic rings. The minimum absolute atomic E-state index is 0.0560. The highest BCUT2D eigenvalue weighted by Crippen LogP contribution is 2.37. The second-order valence-electron chi connectivity index (χ2n) is 10.6. The molecule has 12 heteroatoms. The van der Waals surface area contributed by atoms with Crippen LogP contribution in [0.5, 0.6) is 17.2 Å². The Morgan fingerprint density at radius 2 is 1.49 bits per heavy atom. The monoisotopic (exact) mass is 659 g/mol. The minimum Gasteiger partial charge on any atom is -0.495 e. The number of methoxy groups -OCH3 is 3. The summed E-state index contributed by atoms with van der Waals surface area (Å²) < 4.78 is 45.8. The largest absolute Gasteiger partial charge is 0.495 e. The smallest absolute Gasteiger partial charge is 0.265 e. The highest BCUT2D eigenvalue weighted by atomic mass is 35.5. The molecule has 1 N–H and O–H groups in total. The molecule has 0 aliphatic carbocycles. The Bertz CT molecular complexity index is 1580. The molecule has 0 fully saturated rings. The summed E-state index contributed by atoms with van der Waals surface area (Å²) in [6.07, 6.45) is 1.02. The molecule has 0 radical (unpaired) electrons. The number of anilines is 1. The Morgan fingerprint density at radius 1 is 0.867 bits per heavy atom. The van der Waals surface area contributed by atoms with Crippen molar-refractivity contribution in [2.45, 2.75) is 64.1 Å². The van der Waals surface area contributed by atoms with E-state index >= 15 is 0 Å². The topological polar surface area (TPSA) is 114 Å². The molecule has 3 aromatic rings. The predicted octanol–water partition coefficient (Wildman–Crippen LogP) is 5.59. The van der Waals surface area contributed by atoms with Crippen LogP contribution in [0.15, 0.2) is 65.6 Å². The van der Waals surface area contributed by atoms with Gasteiger partial charge in [0, 0.05) is 23.7 Å². The zero-order valence-corrected chi connectivity index (χ0v) is 28.4. The van der Waals surface area contributed by atoms with Crippen molar-refractivity contribution in [1.29, 1.82) is 0 Å². The maximum Gasteiger partial charge on any atom is 0.265 e. The van der Waals surface area contributed by atoms with E-state index in [0.29, 0.717) is 18.6 Å². The van der Waals surface area contributed by atoms with Crippen LogP contribution in [-0.2, 0) is 26.2 Å². The number of amides is 2. The first-order valence-electron chi connectivity index (χ1n) is 14.6. The summed E-state index contributed by atoms with van der Waals surface area (Å²) in [5, 5.41) is 3.21. The lowest BCUT2D eigenvalue weighted by Gasteiger charge is -2.34. The number of halogens is 1. The van der Waals surface area contributed by atoms with Crippen molar-refractivity contribution in [2.24, 2.45) is 0 Å². The third-order valence-corrected chi connectivity index (χ3v) is 9.48. The van der Waals surface area contributed by atoms with Gasteiger partial charge in [0.25, 0.3) is 10.0 Å². The summed E-state index contributed by atoms with van der Waals surface area (Å²) in [7, 11) is -0.199. The molecule has 0 bridgehead atoms. The SMILES string of the molecule is CC[C@@H](C)NC(=O)[C@@H](CC)N(Cc1ccc(C)cc1)C(=O)CN(c1cc(Cl)ccc1OC)S(=O)(=O)c1ccc(OC)c(OC)c1. The summed E-state index contributed by atoms with van der Waals surface area (Å²) in [6.45, 7) is 7.05. The van der Waals surface area contributed by atoms with Gasteiger partial charge in [-0.05, 0) is 62.6 Å². The van der Waals surface area contributed by atoms with Crippen LogP contribution >= 0.6 is 11.6 Å². The lowest BCUT2D eigenvalue weighted by atomic mass is 10.1. The zero-order chi connectivity index (χ0) is 33.3. The average molecular weight is 660 g/mol. The van der Waals surface area contributed by atoms with Crippen molar-refractivity contribution in [1.82, 2.24) is 10.2 Å². The van der Waals surface area contributed by atoms with E-state index in [1.54, 1.807) is 6.07 Å². The molecular weight excluding hydrogens is 618 g/mol. The molecular formula is C33H42ClN3O7S. The molecule has 244 valence electrons. The molecule has 3 rings (SSSR count). The fourth-order valence-electron chi connectivity index (χ4n) is 4.73. The Kier molecular flexibility index (Phi) is 12.5. The number of carbonyl (C=O) groups is 2. The van der Waals surface area contributed by atoms with Crippen LogP contribution in [0.4, 0.5) is 5.69 Å². The summed E-state index contributed by atoms with van der Waals surface area (Å²) >= 11 is 6.34. The maximum atomic E-state index is 14.4. The van der Waals surface area contributed by atoms with Gasteiger partial charge in [0.1, 0.15) is 18.3 Å². The molecule has 0 heterocycles. The summed E-state index contributed by atoms with van der Waals surface area (Å²) in [5.41, 5.74) is 1.89. The van der Waals surface area contributed by atoms with E-state index in [0.717, 1.165) is 15.4 Å². The molecule has 3 aromatic carbocycles. The van der Waals surface area contributed by atoms with Crippen molar-refractivity contribution in [3.63, 3.8) is 0 Å². The number of nitrogens with one attached hydrogen (secondary N) is 1. The quantitative estimate of drug-likeness (QED) is 0.226. The molecule has 0 aliphatic heterocycles. The number of aryl methyl sites for hydroxylation is 1. The number of carbonyl (C=O) groups excluding carboxylic acids is 2. The van der Waals surface area contributed by atoms with Crippen molar-refractivity contribution in [3.05, 3.63) is 76.8 Å². The standard InChI is InChI=1S/C33H42ClN3O7S/c1-8-23(4)35-33(39)27(9-2)36(20-24-12-10-22(3)11-13-24)32(38)21-37(28-18-25(34)14-16-29(28)42-5)45(40,41)26-15-17-30(43-6)31(19-26)44-7/h10-19,23,27H,8-9,20-21H2,1-7H3,(H,35,39)/t23-,27-/m1/s1. The second kappa shape index (κ2) is 15.9. The van der Waals surface area contributed by atoms with Crippen molar-refractivity contribution >= 4 is 39.1 Å². The van der Waals surface area contributed by atoms with Crippen LogP contribution in [-0.4, -0.2) is 65.1 Å². The Balaban J connectivity index is 2.17. The highest BCUT2D eigenvalue weighted by molar-refractivity contribution is 7.92. The summed E-state index contributed by atoms with van der Waals surface area (Å²) in [4.78, 5) is 29.1. The Morgan fingerprint density at radius 3 is 2.07 bits per heavy atom. The second-order valence-corrected chi connectivity index (χ2v) is 12.9. The average Bonchev–Trinajstić information content (AvgIpc) is 3.03. The number of rotatable bonds is 15. The Labute approximate surface area is 271 Å². The van der Waals surface area contributed by atoms with Gasteiger partial charge in [-0.2, -0.15) is 0 Å². The predicted molar refractivity (Wildman–Crippen MR) is 176 cm³/mol. The molecule has 0 saturated carbocycles. The van der Waals surface area contributed by atoms with E-state index in [1.807, 2.05) is 52.0 Å². The van der Waals surface area contributed by atoms with Gasteiger partial charge in [-0.1, -0.05) is 55.3 Å². The molecule has 0 saturated heterocycles. The van der Waals surface area contributed by atoms with Gasteiger partial charge in [0.05, 0.1) is 31.9 Å². The van der Waals surface area contributed by atoms with E-state index < -0.39 is 28.5 Å². The third-order valence-electron chi connectivity index (χ3n) is 7.49. The number of hydrogen-bond acceptors (Lipinski definition) is 7. The first kappa shape index (κ1) is 35.5. The first-order chi connectivity index (χ1) is 21.4. The molecule has 2 atom stereocenters. The molecule has 0 unspecified atom stereocenters. The van der Waals surface area contributed by atoms with E-state index in [9.17, 15) is 18.0 Å². The van der Waals surface area contributed by atoms with Gasteiger partial charge in [0.15, 0.2) is 11.5 Å². The first-order valence-corrected chi connectivity index (χ1v) is 16.5. The van der Waals surface area contributed by atoms with Crippen LogP contribution < -0.4 is 23.8 Å². The maximum absolute atomic E-state index is 14.4. The van der Waals surface area contributed by atoms with Gasteiger partial charge < -0.3 is 24.4 Å². The molecule has 0 aromatic heterocycles. The normalized spacial score (nSPS) is 12.5. The van der Waals surface area contributed by atoms with Gasteiger partial charge in [0.2, 0.25) is 11.8 Å². The van der Waals surface area contributed by atoms with Crippen LogP contribution in [0.2, 0.25) is 5.02 Å². The van der Waals surface area contributed by atoms with E-state index in [4.69, 9.17) is 25.8 Å². The van der Waals surface area contributed by atoms with Crippen LogP contribution in [0.1, 0.15) is 44.7 Å². The fourth-order valence-corrected chi connectivity index (χ4v) is 6.33.